The lowest BCUT2D eigenvalue weighted by atomic mass is 9.99. The van der Waals surface area contributed by atoms with Gasteiger partial charge in [-0.15, -0.1) is 0 Å². The standard InChI is InChI=1S/C11H22N2O/c1-13(6-9-2-3-9)7-11(12)10-4-5-14-8-10/h9-11H,2-8,12H2,1H3. The van der Waals surface area contributed by atoms with E-state index >= 15 is 0 Å². The molecule has 2 atom stereocenters. The van der Waals surface area contributed by atoms with Gasteiger partial charge >= 0.3 is 0 Å². The minimum atomic E-state index is 0.307. The molecule has 2 fully saturated rings. The molecule has 1 saturated carbocycles. The predicted molar refractivity (Wildman–Crippen MR) is 57.1 cm³/mol. The van der Waals surface area contributed by atoms with Crippen molar-refractivity contribution in [1.82, 2.24) is 4.90 Å². The van der Waals surface area contributed by atoms with Gasteiger partial charge in [0.15, 0.2) is 0 Å². The second-order valence-electron chi connectivity index (χ2n) is 4.95. The van der Waals surface area contributed by atoms with Gasteiger partial charge in [-0.1, -0.05) is 0 Å². The topological polar surface area (TPSA) is 38.5 Å². The molecular weight excluding hydrogens is 176 g/mol. The van der Waals surface area contributed by atoms with Gasteiger partial charge in [0.25, 0.3) is 0 Å². The molecule has 3 nitrogen and oxygen atoms in total. The summed E-state index contributed by atoms with van der Waals surface area (Å²) in [5.74, 6) is 1.56. The number of hydrogen-bond acceptors (Lipinski definition) is 3. The summed E-state index contributed by atoms with van der Waals surface area (Å²) >= 11 is 0. The zero-order valence-corrected chi connectivity index (χ0v) is 9.11. The van der Waals surface area contributed by atoms with E-state index in [1.165, 1.54) is 19.4 Å². The second-order valence-corrected chi connectivity index (χ2v) is 4.95. The summed E-state index contributed by atoms with van der Waals surface area (Å²) in [6, 6.07) is 0.307. The van der Waals surface area contributed by atoms with Gasteiger partial charge in [-0.3, -0.25) is 0 Å². The normalized spacial score (nSPS) is 29.8. The van der Waals surface area contributed by atoms with E-state index in [1.807, 2.05) is 0 Å². The van der Waals surface area contributed by atoms with E-state index in [0.29, 0.717) is 12.0 Å². The quantitative estimate of drug-likeness (QED) is 0.706. The second kappa shape index (κ2) is 4.60. The zero-order valence-electron chi connectivity index (χ0n) is 9.11. The largest absolute Gasteiger partial charge is 0.381 e. The van der Waals surface area contributed by atoms with E-state index in [1.54, 1.807) is 0 Å². The highest BCUT2D eigenvalue weighted by Gasteiger charge is 2.26. The molecule has 0 aromatic carbocycles. The van der Waals surface area contributed by atoms with Crippen LogP contribution in [0, 0.1) is 11.8 Å². The number of rotatable bonds is 5. The first-order chi connectivity index (χ1) is 6.75. The lowest BCUT2D eigenvalue weighted by Gasteiger charge is -2.24. The van der Waals surface area contributed by atoms with Crippen molar-refractivity contribution in [3.63, 3.8) is 0 Å². The van der Waals surface area contributed by atoms with Crippen molar-refractivity contribution in [2.24, 2.45) is 17.6 Å². The Morgan fingerprint density at radius 1 is 1.43 bits per heavy atom. The summed E-state index contributed by atoms with van der Waals surface area (Å²) in [6.45, 7) is 4.05. The number of likely N-dealkylation sites (N-methyl/N-ethyl adjacent to an activating group) is 1. The SMILES string of the molecule is CN(CC1CC1)CC(N)C1CCOC1. The molecule has 0 bridgehead atoms. The van der Waals surface area contributed by atoms with Crippen LogP contribution < -0.4 is 5.73 Å². The van der Waals surface area contributed by atoms with Crippen molar-refractivity contribution in [1.29, 1.82) is 0 Å². The third-order valence-electron chi connectivity index (χ3n) is 3.36. The Kier molecular flexibility index (Phi) is 3.42. The molecule has 3 heteroatoms. The van der Waals surface area contributed by atoms with Gasteiger partial charge < -0.3 is 15.4 Å². The van der Waals surface area contributed by atoms with Crippen molar-refractivity contribution in [3.05, 3.63) is 0 Å². The van der Waals surface area contributed by atoms with E-state index in [2.05, 4.69) is 11.9 Å². The van der Waals surface area contributed by atoms with E-state index in [4.69, 9.17) is 10.5 Å². The van der Waals surface area contributed by atoms with Gasteiger partial charge in [-0.05, 0) is 32.2 Å². The molecular formula is C11H22N2O. The Labute approximate surface area is 86.6 Å². The van der Waals surface area contributed by atoms with Crippen LogP contribution in [0.15, 0.2) is 0 Å². The van der Waals surface area contributed by atoms with Gasteiger partial charge in [0.1, 0.15) is 0 Å². The molecule has 0 aromatic heterocycles. The maximum atomic E-state index is 6.15. The summed E-state index contributed by atoms with van der Waals surface area (Å²) in [5, 5.41) is 0. The van der Waals surface area contributed by atoms with Gasteiger partial charge in [0.2, 0.25) is 0 Å². The number of ether oxygens (including phenoxy) is 1. The Hall–Kier alpha value is -0.120. The number of nitrogens with zero attached hydrogens (tertiary/aromatic N) is 1. The van der Waals surface area contributed by atoms with E-state index in [-0.39, 0.29) is 0 Å². The van der Waals surface area contributed by atoms with Gasteiger partial charge in [-0.25, -0.2) is 0 Å². The van der Waals surface area contributed by atoms with Crippen LogP contribution in [0.1, 0.15) is 19.3 Å². The Morgan fingerprint density at radius 3 is 2.79 bits per heavy atom. The first-order valence-corrected chi connectivity index (χ1v) is 5.77. The first kappa shape index (κ1) is 10.4. The van der Waals surface area contributed by atoms with Crippen molar-refractivity contribution in [2.75, 3.05) is 33.4 Å². The van der Waals surface area contributed by atoms with E-state index in [9.17, 15) is 0 Å². The fraction of sp³-hybridized carbons (Fsp3) is 1.00. The Bertz CT molecular complexity index is 176. The van der Waals surface area contributed by atoms with Crippen LogP contribution in [0.5, 0.6) is 0 Å². The fourth-order valence-corrected chi connectivity index (χ4v) is 2.22. The van der Waals surface area contributed by atoms with Crippen LogP contribution >= 0.6 is 0 Å². The van der Waals surface area contributed by atoms with Crippen molar-refractivity contribution >= 4 is 0 Å². The van der Waals surface area contributed by atoms with Crippen molar-refractivity contribution in [3.8, 4) is 0 Å². The molecule has 2 N–H and O–H groups in total. The van der Waals surface area contributed by atoms with Gasteiger partial charge in [0.05, 0.1) is 6.61 Å². The smallest absolute Gasteiger partial charge is 0.0510 e. The predicted octanol–water partition coefficient (Wildman–Crippen LogP) is 0.692. The summed E-state index contributed by atoms with van der Waals surface area (Å²) in [4.78, 5) is 2.39. The molecule has 0 aromatic rings. The van der Waals surface area contributed by atoms with Crippen LogP contribution in [-0.4, -0.2) is 44.3 Å². The minimum Gasteiger partial charge on any atom is -0.381 e. The summed E-state index contributed by atoms with van der Waals surface area (Å²) in [6.07, 6.45) is 4.00. The Morgan fingerprint density at radius 2 is 2.21 bits per heavy atom. The molecule has 2 unspecified atom stereocenters. The average Bonchev–Trinajstić information content (AvgIpc) is 2.80. The molecule has 0 radical (unpaired) electrons. The van der Waals surface area contributed by atoms with Crippen LogP contribution in [-0.2, 0) is 4.74 Å². The van der Waals surface area contributed by atoms with E-state index < -0.39 is 0 Å². The van der Waals surface area contributed by atoms with Gasteiger partial charge in [0, 0.05) is 31.7 Å². The lowest BCUT2D eigenvalue weighted by molar-refractivity contribution is 0.173. The minimum absolute atomic E-state index is 0.307. The molecule has 2 aliphatic rings. The van der Waals surface area contributed by atoms with E-state index in [0.717, 1.165) is 32.1 Å². The molecule has 14 heavy (non-hydrogen) atoms. The molecule has 1 saturated heterocycles. The number of nitrogens with two attached hydrogens (primary N) is 1. The molecule has 1 aliphatic heterocycles. The first-order valence-electron chi connectivity index (χ1n) is 5.77. The highest BCUT2D eigenvalue weighted by molar-refractivity contribution is 4.81. The Balaban J connectivity index is 1.66. The van der Waals surface area contributed by atoms with Gasteiger partial charge in [-0.2, -0.15) is 0 Å². The molecule has 0 amide bonds. The summed E-state index contributed by atoms with van der Waals surface area (Å²) in [5.41, 5.74) is 6.15. The van der Waals surface area contributed by atoms with Crippen molar-refractivity contribution < 1.29 is 4.74 Å². The highest BCUT2D eigenvalue weighted by atomic mass is 16.5. The molecule has 1 aliphatic carbocycles. The lowest BCUT2D eigenvalue weighted by Crippen LogP contribution is -2.41. The monoisotopic (exact) mass is 198 g/mol. The fourth-order valence-electron chi connectivity index (χ4n) is 2.22. The maximum Gasteiger partial charge on any atom is 0.0510 e. The molecule has 2 rings (SSSR count). The summed E-state index contributed by atoms with van der Waals surface area (Å²) < 4.78 is 5.35. The van der Waals surface area contributed by atoms with Crippen LogP contribution in [0.4, 0.5) is 0 Å². The third kappa shape index (κ3) is 2.94. The average molecular weight is 198 g/mol. The van der Waals surface area contributed by atoms with Crippen LogP contribution in [0.3, 0.4) is 0 Å². The molecule has 1 heterocycles. The molecule has 0 spiro atoms. The molecule has 82 valence electrons. The van der Waals surface area contributed by atoms with Crippen LogP contribution in [0.2, 0.25) is 0 Å². The third-order valence-corrected chi connectivity index (χ3v) is 3.36. The maximum absolute atomic E-state index is 6.15. The zero-order chi connectivity index (χ0) is 9.97. The summed E-state index contributed by atoms with van der Waals surface area (Å²) in [7, 11) is 2.19. The van der Waals surface area contributed by atoms with Crippen LogP contribution in [0.25, 0.3) is 0 Å². The highest BCUT2D eigenvalue weighted by Crippen LogP contribution is 2.29. The van der Waals surface area contributed by atoms with Crippen molar-refractivity contribution in [2.45, 2.75) is 25.3 Å². The number of hydrogen-bond donors (Lipinski definition) is 1.